The summed E-state index contributed by atoms with van der Waals surface area (Å²) in [5.41, 5.74) is -1.18. The van der Waals surface area contributed by atoms with Gasteiger partial charge in [-0.05, 0) is 49.4 Å². The summed E-state index contributed by atoms with van der Waals surface area (Å²) in [5.74, 6) is 0.0993. The third kappa shape index (κ3) is 3.55. The minimum Gasteiger partial charge on any atom is -0.458 e. The van der Waals surface area contributed by atoms with E-state index in [9.17, 15) is 9.90 Å². The molecule has 1 N–H and O–H groups in total. The van der Waals surface area contributed by atoms with Crippen molar-refractivity contribution in [2.24, 2.45) is 11.8 Å². The summed E-state index contributed by atoms with van der Waals surface area (Å²) >= 11 is 0. The van der Waals surface area contributed by atoms with E-state index in [2.05, 4.69) is 4.90 Å². The quantitative estimate of drug-likeness (QED) is 0.666. The van der Waals surface area contributed by atoms with E-state index in [0.29, 0.717) is 11.5 Å². The van der Waals surface area contributed by atoms with Gasteiger partial charge in [0.15, 0.2) is 0 Å². The summed E-state index contributed by atoms with van der Waals surface area (Å²) in [4.78, 5) is 15.2. The minimum absolute atomic E-state index is 0.109. The second-order valence-corrected chi connectivity index (χ2v) is 7.32. The number of aliphatic hydroxyl groups is 1. The molecule has 3 heterocycles. The smallest absolute Gasteiger partial charge is 0.347 e. The van der Waals surface area contributed by atoms with Gasteiger partial charge in [-0.3, -0.25) is 4.90 Å². The van der Waals surface area contributed by atoms with E-state index in [1.165, 1.54) is 0 Å². The van der Waals surface area contributed by atoms with Gasteiger partial charge in [0.25, 0.3) is 0 Å². The standard InChI is InChI=1S/C20H27NO3/c1-15(2)8-11-20(23,17-6-4-3-5-7-17)19(22)24-18-14-21-12-9-16(18)10-13-21/h3-8,11,15-16,18,23H,9-10,12-14H2,1-2H3/b11-8-/t18-,20+/m1/s1. The number of allylic oxidation sites excluding steroid dienone is 1. The summed E-state index contributed by atoms with van der Waals surface area (Å²) in [6, 6.07) is 9.05. The fourth-order valence-corrected chi connectivity index (χ4v) is 3.58. The van der Waals surface area contributed by atoms with Crippen molar-refractivity contribution in [2.75, 3.05) is 19.6 Å². The molecule has 3 saturated heterocycles. The van der Waals surface area contributed by atoms with Gasteiger partial charge in [0, 0.05) is 6.54 Å². The molecule has 4 rings (SSSR count). The summed E-state index contributed by atoms with van der Waals surface area (Å²) in [6.45, 7) is 7.00. The van der Waals surface area contributed by atoms with E-state index in [-0.39, 0.29) is 12.0 Å². The van der Waals surface area contributed by atoms with E-state index >= 15 is 0 Å². The van der Waals surface area contributed by atoms with Gasteiger partial charge in [-0.15, -0.1) is 0 Å². The Morgan fingerprint density at radius 2 is 1.96 bits per heavy atom. The Kier molecular flexibility index (Phi) is 5.07. The van der Waals surface area contributed by atoms with Crippen LogP contribution in [0.15, 0.2) is 42.5 Å². The molecule has 3 fully saturated rings. The van der Waals surface area contributed by atoms with Crippen LogP contribution >= 0.6 is 0 Å². The first-order valence-electron chi connectivity index (χ1n) is 8.90. The van der Waals surface area contributed by atoms with Crippen molar-refractivity contribution in [2.45, 2.75) is 38.4 Å². The molecule has 0 aromatic heterocycles. The maximum Gasteiger partial charge on any atom is 0.347 e. The van der Waals surface area contributed by atoms with E-state index in [1.807, 2.05) is 38.1 Å². The molecule has 0 amide bonds. The number of carbonyl (C=O) groups excluding carboxylic acids is 1. The molecular formula is C20H27NO3. The molecule has 24 heavy (non-hydrogen) atoms. The molecule has 0 saturated carbocycles. The number of piperidine rings is 3. The van der Waals surface area contributed by atoms with Crippen LogP contribution in [-0.2, 0) is 15.1 Å². The number of esters is 1. The minimum atomic E-state index is -1.72. The third-order valence-electron chi connectivity index (χ3n) is 5.10. The highest BCUT2D eigenvalue weighted by Crippen LogP contribution is 2.32. The fourth-order valence-electron chi connectivity index (χ4n) is 3.58. The van der Waals surface area contributed by atoms with Crippen molar-refractivity contribution >= 4 is 5.97 Å². The Labute approximate surface area is 144 Å². The number of fused-ring (bicyclic) bond motifs is 3. The number of benzene rings is 1. The van der Waals surface area contributed by atoms with Gasteiger partial charge < -0.3 is 9.84 Å². The molecule has 1 aromatic carbocycles. The molecule has 0 aliphatic carbocycles. The van der Waals surface area contributed by atoms with Crippen molar-refractivity contribution in [3.8, 4) is 0 Å². The van der Waals surface area contributed by atoms with Crippen molar-refractivity contribution in [1.29, 1.82) is 0 Å². The van der Waals surface area contributed by atoms with E-state index in [4.69, 9.17) is 4.74 Å². The second-order valence-electron chi connectivity index (χ2n) is 7.32. The average molecular weight is 329 g/mol. The second kappa shape index (κ2) is 7.08. The first-order valence-corrected chi connectivity index (χ1v) is 8.90. The lowest BCUT2D eigenvalue weighted by molar-refractivity contribution is -0.176. The van der Waals surface area contributed by atoms with Crippen molar-refractivity contribution in [3.63, 3.8) is 0 Å². The third-order valence-corrected chi connectivity index (χ3v) is 5.10. The lowest BCUT2D eigenvalue weighted by Crippen LogP contribution is -2.53. The zero-order chi connectivity index (χ0) is 17.2. The van der Waals surface area contributed by atoms with Crippen molar-refractivity contribution < 1.29 is 14.6 Å². The normalized spacial score (nSPS) is 28.9. The van der Waals surface area contributed by atoms with E-state index < -0.39 is 11.6 Å². The topological polar surface area (TPSA) is 49.8 Å². The number of nitrogens with zero attached hydrogens (tertiary/aromatic N) is 1. The van der Waals surface area contributed by atoms with Crippen LogP contribution in [0.4, 0.5) is 0 Å². The molecule has 0 radical (unpaired) electrons. The van der Waals surface area contributed by atoms with Crippen LogP contribution in [0.1, 0.15) is 32.3 Å². The largest absolute Gasteiger partial charge is 0.458 e. The predicted molar refractivity (Wildman–Crippen MR) is 93.4 cm³/mol. The van der Waals surface area contributed by atoms with Crippen LogP contribution < -0.4 is 0 Å². The lowest BCUT2D eigenvalue weighted by atomic mass is 9.85. The first kappa shape index (κ1) is 17.2. The van der Waals surface area contributed by atoms with Crippen LogP contribution in [0.3, 0.4) is 0 Å². The fraction of sp³-hybridized carbons (Fsp3) is 0.550. The first-order chi connectivity index (χ1) is 11.5. The van der Waals surface area contributed by atoms with Crippen molar-refractivity contribution in [3.05, 3.63) is 48.0 Å². The highest BCUT2D eigenvalue weighted by Gasteiger charge is 2.42. The Hall–Kier alpha value is -1.65. The molecule has 4 nitrogen and oxygen atoms in total. The van der Waals surface area contributed by atoms with Gasteiger partial charge in [0.2, 0.25) is 5.60 Å². The van der Waals surface area contributed by atoms with Crippen LogP contribution in [-0.4, -0.2) is 41.7 Å². The molecule has 0 unspecified atom stereocenters. The van der Waals surface area contributed by atoms with E-state index in [1.54, 1.807) is 18.2 Å². The molecule has 2 atom stereocenters. The van der Waals surface area contributed by atoms with Gasteiger partial charge in [-0.25, -0.2) is 4.79 Å². The number of ether oxygens (including phenoxy) is 1. The number of hydrogen-bond acceptors (Lipinski definition) is 4. The molecule has 3 aliphatic heterocycles. The zero-order valence-corrected chi connectivity index (χ0v) is 14.5. The van der Waals surface area contributed by atoms with Crippen LogP contribution in [0.25, 0.3) is 0 Å². The zero-order valence-electron chi connectivity index (χ0n) is 14.5. The molecule has 0 spiro atoms. The number of hydrogen-bond donors (Lipinski definition) is 1. The molecule has 2 bridgehead atoms. The SMILES string of the molecule is CC(C)/C=C\[C@@](O)(C(=O)O[C@@H]1CN2CCC1CC2)c1ccccc1. The molecule has 1 aromatic rings. The average Bonchev–Trinajstić information content (AvgIpc) is 2.61. The lowest BCUT2D eigenvalue weighted by Gasteiger charge is -2.44. The molecule has 3 aliphatic rings. The number of rotatable bonds is 5. The maximum absolute atomic E-state index is 12.9. The Morgan fingerprint density at radius 3 is 2.50 bits per heavy atom. The van der Waals surface area contributed by atoms with Gasteiger partial charge in [0.1, 0.15) is 6.10 Å². The summed E-state index contributed by atoms with van der Waals surface area (Å²) in [6.07, 6.45) is 5.47. The van der Waals surface area contributed by atoms with Gasteiger partial charge in [-0.1, -0.05) is 50.3 Å². The Balaban J connectivity index is 1.81. The molecular weight excluding hydrogens is 302 g/mol. The Bertz CT molecular complexity index is 590. The highest BCUT2D eigenvalue weighted by atomic mass is 16.6. The van der Waals surface area contributed by atoms with Crippen LogP contribution in [0.5, 0.6) is 0 Å². The summed E-state index contributed by atoms with van der Waals surface area (Å²) in [7, 11) is 0. The Morgan fingerprint density at radius 1 is 1.29 bits per heavy atom. The monoisotopic (exact) mass is 329 g/mol. The van der Waals surface area contributed by atoms with Gasteiger partial charge >= 0.3 is 5.97 Å². The van der Waals surface area contributed by atoms with Gasteiger partial charge in [0.05, 0.1) is 0 Å². The van der Waals surface area contributed by atoms with Gasteiger partial charge in [-0.2, -0.15) is 0 Å². The van der Waals surface area contributed by atoms with Crippen molar-refractivity contribution in [1.82, 2.24) is 4.90 Å². The maximum atomic E-state index is 12.9. The highest BCUT2D eigenvalue weighted by molar-refractivity contribution is 5.83. The van der Waals surface area contributed by atoms with E-state index in [0.717, 1.165) is 32.5 Å². The van der Waals surface area contributed by atoms with Crippen LogP contribution in [0, 0.1) is 11.8 Å². The summed E-state index contributed by atoms with van der Waals surface area (Å²) < 4.78 is 5.80. The number of carbonyl (C=O) groups is 1. The molecule has 130 valence electrons. The predicted octanol–water partition coefficient (Wildman–Crippen LogP) is 2.72. The van der Waals surface area contributed by atoms with Crippen LogP contribution in [0.2, 0.25) is 0 Å². The molecule has 4 heteroatoms. The summed E-state index contributed by atoms with van der Waals surface area (Å²) in [5, 5.41) is 11.1.